The Bertz CT molecular complexity index is 454. The number of rotatable bonds is 4. The van der Waals surface area contributed by atoms with Crippen molar-refractivity contribution in [3.8, 4) is 0 Å². The van der Waals surface area contributed by atoms with Crippen LogP contribution in [-0.2, 0) is 0 Å². The van der Waals surface area contributed by atoms with Crippen LogP contribution < -0.4 is 5.73 Å². The van der Waals surface area contributed by atoms with Gasteiger partial charge in [0.1, 0.15) is 0 Å². The van der Waals surface area contributed by atoms with Crippen LogP contribution in [0.15, 0.2) is 18.2 Å². The summed E-state index contributed by atoms with van der Waals surface area (Å²) >= 11 is 12.5. The molecule has 20 heavy (non-hydrogen) atoms. The average molecular weight is 315 g/mol. The maximum Gasteiger partial charge on any atom is 0.0640 e. The van der Waals surface area contributed by atoms with Crippen LogP contribution in [0.3, 0.4) is 0 Å². The van der Waals surface area contributed by atoms with E-state index in [0.29, 0.717) is 22.0 Å². The predicted molar refractivity (Wildman–Crippen MR) is 87.5 cm³/mol. The second-order valence-electron chi connectivity index (χ2n) is 6.09. The summed E-state index contributed by atoms with van der Waals surface area (Å²) in [6, 6.07) is 5.99. The van der Waals surface area contributed by atoms with Crippen molar-refractivity contribution < 1.29 is 0 Å². The molecule has 1 fully saturated rings. The highest BCUT2D eigenvalue weighted by Crippen LogP contribution is 2.38. The first-order valence-electron chi connectivity index (χ1n) is 7.39. The Morgan fingerprint density at radius 2 is 1.95 bits per heavy atom. The zero-order chi connectivity index (χ0) is 14.8. The van der Waals surface area contributed by atoms with Crippen LogP contribution >= 0.6 is 23.2 Å². The standard InChI is InChI=1S/C16H24Cl2N2/c1-3-16(2)7-9-20(10-8-16)14(11-19)12-5-4-6-13(17)15(12)18/h4-6,14H,3,7-11,19H2,1-2H3. The van der Waals surface area contributed by atoms with E-state index in [2.05, 4.69) is 18.7 Å². The lowest BCUT2D eigenvalue weighted by Crippen LogP contribution is -2.42. The largest absolute Gasteiger partial charge is 0.329 e. The lowest BCUT2D eigenvalue weighted by Gasteiger charge is -2.42. The first kappa shape index (κ1) is 16.1. The van der Waals surface area contributed by atoms with Crippen LogP contribution in [0.2, 0.25) is 10.0 Å². The second-order valence-corrected chi connectivity index (χ2v) is 6.88. The summed E-state index contributed by atoms with van der Waals surface area (Å²) in [6.07, 6.45) is 3.68. The van der Waals surface area contributed by atoms with E-state index in [1.54, 1.807) is 0 Å². The lowest BCUT2D eigenvalue weighted by molar-refractivity contribution is 0.0829. The number of piperidine rings is 1. The van der Waals surface area contributed by atoms with Gasteiger partial charge in [0.2, 0.25) is 0 Å². The minimum absolute atomic E-state index is 0.169. The highest BCUT2D eigenvalue weighted by molar-refractivity contribution is 6.42. The van der Waals surface area contributed by atoms with Crippen LogP contribution in [0.5, 0.6) is 0 Å². The number of hydrogen-bond acceptors (Lipinski definition) is 2. The summed E-state index contributed by atoms with van der Waals surface area (Å²) in [5.41, 5.74) is 7.55. The molecule has 2 rings (SSSR count). The third-order valence-corrected chi connectivity index (χ3v) is 5.70. The molecule has 1 aromatic carbocycles. The number of likely N-dealkylation sites (tertiary alicyclic amines) is 1. The quantitative estimate of drug-likeness (QED) is 0.886. The molecular weight excluding hydrogens is 291 g/mol. The molecule has 0 bridgehead atoms. The molecular formula is C16H24Cl2N2. The molecule has 2 nitrogen and oxygen atoms in total. The van der Waals surface area contributed by atoms with Gasteiger partial charge in [0, 0.05) is 12.6 Å². The molecule has 0 amide bonds. The van der Waals surface area contributed by atoms with Crippen molar-refractivity contribution in [1.82, 2.24) is 4.90 Å². The molecule has 0 saturated carbocycles. The van der Waals surface area contributed by atoms with Gasteiger partial charge in [-0.1, -0.05) is 55.6 Å². The van der Waals surface area contributed by atoms with Crippen molar-refractivity contribution in [2.75, 3.05) is 19.6 Å². The van der Waals surface area contributed by atoms with Crippen molar-refractivity contribution in [2.45, 2.75) is 39.2 Å². The minimum Gasteiger partial charge on any atom is -0.329 e. The smallest absolute Gasteiger partial charge is 0.0640 e. The fourth-order valence-corrected chi connectivity index (χ4v) is 3.41. The van der Waals surface area contributed by atoms with E-state index in [1.165, 1.54) is 19.3 Å². The minimum atomic E-state index is 0.169. The Hall–Kier alpha value is -0.280. The number of nitrogens with zero attached hydrogens (tertiary/aromatic N) is 1. The Balaban J connectivity index is 2.16. The monoisotopic (exact) mass is 314 g/mol. The van der Waals surface area contributed by atoms with E-state index in [9.17, 15) is 0 Å². The predicted octanol–water partition coefficient (Wildman–Crippen LogP) is 4.51. The van der Waals surface area contributed by atoms with Gasteiger partial charge in [0.15, 0.2) is 0 Å². The molecule has 1 unspecified atom stereocenters. The Morgan fingerprint density at radius 1 is 1.30 bits per heavy atom. The highest BCUT2D eigenvalue weighted by atomic mass is 35.5. The SMILES string of the molecule is CCC1(C)CCN(C(CN)c2cccc(Cl)c2Cl)CC1. The molecule has 1 aliphatic heterocycles. The topological polar surface area (TPSA) is 29.3 Å². The molecule has 0 radical (unpaired) electrons. The van der Waals surface area contributed by atoms with Crippen molar-refractivity contribution in [3.63, 3.8) is 0 Å². The maximum absolute atomic E-state index is 6.36. The second kappa shape index (κ2) is 6.65. The first-order chi connectivity index (χ1) is 9.50. The number of nitrogens with two attached hydrogens (primary N) is 1. The molecule has 1 heterocycles. The number of halogens is 2. The third kappa shape index (κ3) is 3.30. The van der Waals surface area contributed by atoms with Gasteiger partial charge in [-0.3, -0.25) is 4.90 Å². The summed E-state index contributed by atoms with van der Waals surface area (Å²) in [7, 11) is 0. The van der Waals surface area contributed by atoms with Gasteiger partial charge in [-0.15, -0.1) is 0 Å². The van der Waals surface area contributed by atoms with Crippen molar-refractivity contribution in [2.24, 2.45) is 11.1 Å². The Labute approximate surface area is 132 Å². The fourth-order valence-electron chi connectivity index (χ4n) is 2.98. The molecule has 0 aromatic heterocycles. The molecule has 4 heteroatoms. The number of benzene rings is 1. The van der Waals surface area contributed by atoms with E-state index < -0.39 is 0 Å². The van der Waals surface area contributed by atoms with Crippen LogP contribution in [-0.4, -0.2) is 24.5 Å². The van der Waals surface area contributed by atoms with Gasteiger partial charge in [-0.25, -0.2) is 0 Å². The third-order valence-electron chi connectivity index (χ3n) is 4.86. The van der Waals surface area contributed by atoms with Gasteiger partial charge in [-0.05, 0) is 43.0 Å². The summed E-state index contributed by atoms with van der Waals surface area (Å²) in [5.74, 6) is 0. The van der Waals surface area contributed by atoms with Crippen molar-refractivity contribution in [1.29, 1.82) is 0 Å². The van der Waals surface area contributed by atoms with E-state index in [0.717, 1.165) is 18.7 Å². The first-order valence-corrected chi connectivity index (χ1v) is 8.14. The van der Waals surface area contributed by atoms with Gasteiger partial charge in [-0.2, -0.15) is 0 Å². The lowest BCUT2D eigenvalue weighted by atomic mass is 9.78. The van der Waals surface area contributed by atoms with Crippen LogP contribution in [0.4, 0.5) is 0 Å². The van der Waals surface area contributed by atoms with E-state index in [-0.39, 0.29) is 6.04 Å². The van der Waals surface area contributed by atoms with Gasteiger partial charge >= 0.3 is 0 Å². The average Bonchev–Trinajstić information content (AvgIpc) is 2.46. The van der Waals surface area contributed by atoms with Crippen LogP contribution in [0, 0.1) is 5.41 Å². The normalized spacial score (nSPS) is 20.9. The van der Waals surface area contributed by atoms with Crippen LogP contribution in [0.25, 0.3) is 0 Å². The van der Waals surface area contributed by atoms with Gasteiger partial charge in [0.05, 0.1) is 10.0 Å². The molecule has 1 saturated heterocycles. The summed E-state index contributed by atoms with van der Waals surface area (Å²) in [5, 5.41) is 1.26. The highest BCUT2D eigenvalue weighted by Gasteiger charge is 2.32. The molecule has 0 spiro atoms. The van der Waals surface area contributed by atoms with Crippen molar-refractivity contribution in [3.05, 3.63) is 33.8 Å². The molecule has 1 atom stereocenters. The zero-order valence-corrected chi connectivity index (χ0v) is 13.8. The van der Waals surface area contributed by atoms with Crippen LogP contribution in [0.1, 0.15) is 44.7 Å². The Morgan fingerprint density at radius 3 is 2.50 bits per heavy atom. The maximum atomic E-state index is 6.36. The van der Waals surface area contributed by atoms with E-state index in [1.807, 2.05) is 18.2 Å². The zero-order valence-electron chi connectivity index (χ0n) is 12.3. The van der Waals surface area contributed by atoms with Crippen molar-refractivity contribution >= 4 is 23.2 Å². The number of hydrogen-bond donors (Lipinski definition) is 1. The van der Waals surface area contributed by atoms with E-state index in [4.69, 9.17) is 28.9 Å². The molecule has 1 aliphatic rings. The molecule has 2 N–H and O–H groups in total. The van der Waals surface area contributed by atoms with E-state index >= 15 is 0 Å². The fraction of sp³-hybridized carbons (Fsp3) is 0.625. The summed E-state index contributed by atoms with van der Waals surface area (Å²) in [6.45, 7) is 7.39. The summed E-state index contributed by atoms with van der Waals surface area (Å²) < 4.78 is 0. The summed E-state index contributed by atoms with van der Waals surface area (Å²) in [4.78, 5) is 2.45. The molecule has 0 aliphatic carbocycles. The Kier molecular flexibility index (Phi) is 5.36. The molecule has 1 aromatic rings. The molecule has 112 valence electrons. The van der Waals surface area contributed by atoms with Gasteiger partial charge < -0.3 is 5.73 Å². The van der Waals surface area contributed by atoms with Gasteiger partial charge in [0.25, 0.3) is 0 Å².